The molecule has 3 nitrogen and oxygen atoms in total. The topological polar surface area (TPSA) is 29.3 Å². The lowest BCUT2D eigenvalue weighted by Gasteiger charge is -2.30. The van der Waals surface area contributed by atoms with E-state index in [9.17, 15) is 0 Å². The summed E-state index contributed by atoms with van der Waals surface area (Å²) in [6, 6.07) is 3.91. The number of piperidine rings is 1. The predicted octanol–water partition coefficient (Wildman–Crippen LogP) is 3.19. The van der Waals surface area contributed by atoms with Gasteiger partial charge in [0.2, 0.25) is 0 Å². The van der Waals surface area contributed by atoms with Gasteiger partial charge in [-0.25, -0.2) is 4.98 Å². The van der Waals surface area contributed by atoms with Gasteiger partial charge in [0.15, 0.2) is 0 Å². The molecule has 2 aromatic heterocycles. The Hall–Kier alpha value is -1.03. The maximum atomic E-state index is 5.39. The summed E-state index contributed by atoms with van der Waals surface area (Å²) in [7, 11) is 0. The summed E-state index contributed by atoms with van der Waals surface area (Å²) in [5, 5.41) is 1.12. The predicted molar refractivity (Wildman–Crippen MR) is 68.2 cm³/mol. The van der Waals surface area contributed by atoms with Gasteiger partial charge in [0.05, 0.1) is 11.6 Å². The molecule has 84 valence electrons. The maximum Gasteiger partial charge on any atom is 0.139 e. The molecule has 2 aromatic rings. The molecular formula is C12H13BrN2O. The van der Waals surface area contributed by atoms with Crippen LogP contribution in [0.3, 0.4) is 0 Å². The molecule has 1 saturated heterocycles. The van der Waals surface area contributed by atoms with Crippen molar-refractivity contribution in [3.63, 3.8) is 0 Å². The van der Waals surface area contributed by atoms with Crippen molar-refractivity contribution in [3.05, 3.63) is 24.6 Å². The number of nitrogens with zero attached hydrogens (tertiary/aromatic N) is 2. The number of hydrogen-bond donors (Lipinski definition) is 0. The molecule has 0 N–H and O–H groups in total. The number of fused-ring (bicyclic) bond motifs is 1. The molecule has 4 heteroatoms. The van der Waals surface area contributed by atoms with Gasteiger partial charge in [-0.1, -0.05) is 15.9 Å². The van der Waals surface area contributed by atoms with E-state index in [1.54, 1.807) is 6.26 Å². The average Bonchev–Trinajstić information content (AvgIpc) is 2.78. The lowest BCUT2D eigenvalue weighted by Crippen LogP contribution is -2.34. The van der Waals surface area contributed by atoms with E-state index in [0.29, 0.717) is 4.83 Å². The molecule has 0 unspecified atom stereocenters. The van der Waals surface area contributed by atoms with E-state index in [-0.39, 0.29) is 0 Å². The minimum absolute atomic E-state index is 0.660. The Labute approximate surface area is 103 Å². The molecule has 1 fully saturated rings. The van der Waals surface area contributed by atoms with E-state index >= 15 is 0 Å². The van der Waals surface area contributed by atoms with Crippen molar-refractivity contribution in [2.75, 3.05) is 18.0 Å². The number of hydrogen-bond acceptors (Lipinski definition) is 3. The molecular weight excluding hydrogens is 268 g/mol. The normalized spacial score (nSPS) is 18.2. The van der Waals surface area contributed by atoms with Crippen LogP contribution in [0.4, 0.5) is 5.82 Å². The number of pyridine rings is 1. The van der Waals surface area contributed by atoms with E-state index < -0.39 is 0 Å². The quantitative estimate of drug-likeness (QED) is 0.752. The summed E-state index contributed by atoms with van der Waals surface area (Å²) in [5.41, 5.74) is 0.922. The van der Waals surface area contributed by atoms with E-state index in [1.807, 2.05) is 18.3 Å². The number of rotatable bonds is 1. The third-order valence-corrected chi connectivity index (χ3v) is 4.00. The molecule has 0 radical (unpaired) electrons. The Balaban J connectivity index is 1.96. The number of aromatic nitrogens is 1. The Morgan fingerprint density at radius 1 is 1.31 bits per heavy atom. The fraction of sp³-hybridized carbons (Fsp3) is 0.417. The lowest BCUT2D eigenvalue weighted by molar-refractivity contribution is 0.593. The number of alkyl halides is 1. The van der Waals surface area contributed by atoms with Gasteiger partial charge in [-0.15, -0.1) is 0 Å². The smallest absolute Gasteiger partial charge is 0.139 e. The van der Waals surface area contributed by atoms with Crippen molar-refractivity contribution >= 4 is 32.7 Å². The van der Waals surface area contributed by atoms with Crippen molar-refractivity contribution in [1.29, 1.82) is 0 Å². The maximum absolute atomic E-state index is 5.39. The molecule has 16 heavy (non-hydrogen) atoms. The Morgan fingerprint density at radius 2 is 2.12 bits per heavy atom. The highest BCUT2D eigenvalue weighted by Crippen LogP contribution is 2.28. The standard InChI is InChI=1S/C12H13BrN2O/c13-9-2-6-15(7-3-9)12-10-4-8-16-11(10)1-5-14-12/h1,4-5,8-9H,2-3,6-7H2. The summed E-state index contributed by atoms with van der Waals surface area (Å²) < 4.78 is 5.39. The minimum atomic E-state index is 0.660. The Bertz CT molecular complexity index is 488. The first-order valence-corrected chi connectivity index (χ1v) is 6.47. The highest BCUT2D eigenvalue weighted by Gasteiger charge is 2.19. The van der Waals surface area contributed by atoms with Gasteiger partial charge in [0.25, 0.3) is 0 Å². The lowest BCUT2D eigenvalue weighted by atomic mass is 10.1. The van der Waals surface area contributed by atoms with Crippen LogP contribution in [0, 0.1) is 0 Å². The first-order chi connectivity index (χ1) is 7.84. The highest BCUT2D eigenvalue weighted by molar-refractivity contribution is 9.09. The molecule has 1 aliphatic rings. The first kappa shape index (κ1) is 10.1. The number of halogens is 1. The zero-order valence-corrected chi connectivity index (χ0v) is 10.5. The van der Waals surface area contributed by atoms with E-state index in [2.05, 4.69) is 25.8 Å². The third-order valence-electron chi connectivity index (χ3n) is 3.08. The van der Waals surface area contributed by atoms with Gasteiger partial charge in [-0.2, -0.15) is 0 Å². The van der Waals surface area contributed by atoms with Crippen LogP contribution in [-0.2, 0) is 0 Å². The zero-order valence-electron chi connectivity index (χ0n) is 8.90. The van der Waals surface area contributed by atoms with Gasteiger partial charge < -0.3 is 9.32 Å². The van der Waals surface area contributed by atoms with Crippen LogP contribution in [0.2, 0.25) is 0 Å². The average molecular weight is 281 g/mol. The van der Waals surface area contributed by atoms with Crippen LogP contribution < -0.4 is 4.90 Å². The molecule has 0 spiro atoms. The number of furan rings is 1. The molecule has 0 amide bonds. The fourth-order valence-electron chi connectivity index (χ4n) is 2.19. The van der Waals surface area contributed by atoms with Crippen LogP contribution in [0.1, 0.15) is 12.8 Å². The van der Waals surface area contributed by atoms with Crippen LogP contribution in [-0.4, -0.2) is 22.9 Å². The van der Waals surface area contributed by atoms with Gasteiger partial charge in [-0.3, -0.25) is 0 Å². The number of anilines is 1. The Morgan fingerprint density at radius 3 is 2.94 bits per heavy atom. The summed E-state index contributed by atoms with van der Waals surface area (Å²) in [6.45, 7) is 2.13. The first-order valence-electron chi connectivity index (χ1n) is 5.56. The highest BCUT2D eigenvalue weighted by atomic mass is 79.9. The second kappa shape index (κ2) is 4.09. The summed E-state index contributed by atoms with van der Waals surface area (Å²) >= 11 is 3.66. The summed E-state index contributed by atoms with van der Waals surface area (Å²) in [4.78, 5) is 7.48. The van der Waals surface area contributed by atoms with Crippen LogP contribution in [0.5, 0.6) is 0 Å². The molecule has 0 saturated carbocycles. The molecule has 0 bridgehead atoms. The van der Waals surface area contributed by atoms with Gasteiger partial charge in [0, 0.05) is 24.1 Å². The van der Waals surface area contributed by atoms with Crippen LogP contribution in [0.25, 0.3) is 11.0 Å². The van der Waals surface area contributed by atoms with Crippen LogP contribution in [0.15, 0.2) is 29.0 Å². The van der Waals surface area contributed by atoms with Crippen molar-refractivity contribution in [1.82, 2.24) is 4.98 Å². The fourth-order valence-corrected chi connectivity index (χ4v) is 2.60. The van der Waals surface area contributed by atoms with Crippen LogP contribution >= 0.6 is 15.9 Å². The second-order valence-corrected chi connectivity index (χ2v) is 5.42. The largest absolute Gasteiger partial charge is 0.464 e. The monoisotopic (exact) mass is 280 g/mol. The van der Waals surface area contributed by atoms with Crippen molar-refractivity contribution < 1.29 is 4.42 Å². The van der Waals surface area contributed by atoms with Gasteiger partial charge in [0.1, 0.15) is 11.4 Å². The SMILES string of the molecule is BrC1CCN(c2nccc3occc23)CC1. The molecule has 0 aromatic carbocycles. The molecule has 1 aliphatic heterocycles. The van der Waals surface area contributed by atoms with Crippen molar-refractivity contribution in [2.24, 2.45) is 0 Å². The minimum Gasteiger partial charge on any atom is -0.464 e. The molecule has 3 heterocycles. The summed E-state index contributed by atoms with van der Waals surface area (Å²) in [5.74, 6) is 1.06. The summed E-state index contributed by atoms with van der Waals surface area (Å²) in [6.07, 6.45) is 5.90. The molecule has 3 rings (SSSR count). The van der Waals surface area contributed by atoms with Gasteiger partial charge >= 0.3 is 0 Å². The van der Waals surface area contributed by atoms with E-state index in [0.717, 1.165) is 29.9 Å². The third kappa shape index (κ3) is 1.71. The molecule has 0 atom stereocenters. The van der Waals surface area contributed by atoms with Crippen molar-refractivity contribution in [2.45, 2.75) is 17.7 Å². The van der Waals surface area contributed by atoms with E-state index in [1.165, 1.54) is 12.8 Å². The van der Waals surface area contributed by atoms with Gasteiger partial charge in [-0.05, 0) is 25.0 Å². The zero-order chi connectivity index (χ0) is 11.0. The molecule has 0 aliphatic carbocycles. The van der Waals surface area contributed by atoms with E-state index in [4.69, 9.17) is 4.42 Å². The van der Waals surface area contributed by atoms with Crippen molar-refractivity contribution in [3.8, 4) is 0 Å². The Kier molecular flexibility index (Phi) is 2.59. The second-order valence-electron chi connectivity index (χ2n) is 4.13.